The van der Waals surface area contributed by atoms with E-state index in [1.54, 1.807) is 16.7 Å². The average molecular weight is 238 g/mol. The molecular formula is C10H10N2OS2. The molecule has 0 unspecified atom stereocenters. The minimum atomic E-state index is -0.00954. The first-order valence-corrected chi connectivity index (χ1v) is 6.21. The standard InChI is InChI=1S/C10H10N2OS2/c1-6-7(2-3-14-6)10(13)8-5-15-9(4-11)12-8/h2-3,5H,4,11H2,1H3. The third-order valence-corrected chi connectivity index (χ3v) is 3.78. The molecule has 0 fully saturated rings. The third kappa shape index (κ3) is 1.99. The molecule has 3 nitrogen and oxygen atoms in total. The summed E-state index contributed by atoms with van der Waals surface area (Å²) >= 11 is 3.00. The van der Waals surface area contributed by atoms with E-state index in [1.165, 1.54) is 11.3 Å². The lowest BCUT2D eigenvalue weighted by molar-refractivity contribution is 0.103. The van der Waals surface area contributed by atoms with Crippen LogP contribution in [0.4, 0.5) is 0 Å². The molecule has 78 valence electrons. The van der Waals surface area contributed by atoms with Gasteiger partial charge in [0.1, 0.15) is 10.7 Å². The van der Waals surface area contributed by atoms with Crippen LogP contribution in [-0.2, 0) is 6.54 Å². The van der Waals surface area contributed by atoms with Crippen LogP contribution in [0.2, 0.25) is 0 Å². The first-order valence-electron chi connectivity index (χ1n) is 4.45. The predicted octanol–water partition coefficient (Wildman–Crippen LogP) is 2.20. The summed E-state index contributed by atoms with van der Waals surface area (Å²) in [6.07, 6.45) is 0. The number of nitrogens with zero attached hydrogens (tertiary/aromatic N) is 1. The normalized spacial score (nSPS) is 10.5. The van der Waals surface area contributed by atoms with Gasteiger partial charge in [-0.25, -0.2) is 4.98 Å². The summed E-state index contributed by atoms with van der Waals surface area (Å²) in [5.74, 6) is -0.00954. The highest BCUT2D eigenvalue weighted by Gasteiger charge is 2.15. The summed E-state index contributed by atoms with van der Waals surface area (Å²) in [5, 5.41) is 4.48. The molecule has 0 bridgehead atoms. The second-order valence-electron chi connectivity index (χ2n) is 3.05. The van der Waals surface area contributed by atoms with Gasteiger partial charge in [0.05, 0.1) is 0 Å². The SMILES string of the molecule is Cc1sccc1C(=O)c1csc(CN)n1. The van der Waals surface area contributed by atoms with E-state index in [-0.39, 0.29) is 5.78 Å². The number of ketones is 1. The maximum atomic E-state index is 12.0. The van der Waals surface area contributed by atoms with Crippen LogP contribution < -0.4 is 5.73 Å². The second-order valence-corrected chi connectivity index (χ2v) is 5.11. The number of thiazole rings is 1. The average Bonchev–Trinajstić information content (AvgIpc) is 2.84. The van der Waals surface area contributed by atoms with Gasteiger partial charge < -0.3 is 5.73 Å². The molecule has 0 aliphatic rings. The van der Waals surface area contributed by atoms with Crippen molar-refractivity contribution < 1.29 is 4.79 Å². The highest BCUT2D eigenvalue weighted by molar-refractivity contribution is 7.10. The van der Waals surface area contributed by atoms with Crippen LogP contribution in [0.5, 0.6) is 0 Å². The van der Waals surface area contributed by atoms with Crippen molar-refractivity contribution in [2.45, 2.75) is 13.5 Å². The van der Waals surface area contributed by atoms with Crippen LogP contribution in [0.25, 0.3) is 0 Å². The number of hydrogen-bond donors (Lipinski definition) is 1. The van der Waals surface area contributed by atoms with E-state index in [1.807, 2.05) is 18.4 Å². The van der Waals surface area contributed by atoms with Gasteiger partial charge in [0, 0.05) is 22.4 Å². The molecule has 2 aromatic heterocycles. The van der Waals surface area contributed by atoms with E-state index in [9.17, 15) is 4.79 Å². The van der Waals surface area contributed by atoms with Gasteiger partial charge in [-0.05, 0) is 18.4 Å². The third-order valence-electron chi connectivity index (χ3n) is 2.06. The van der Waals surface area contributed by atoms with E-state index in [2.05, 4.69) is 4.98 Å². The van der Waals surface area contributed by atoms with Crippen molar-refractivity contribution in [2.24, 2.45) is 5.73 Å². The maximum Gasteiger partial charge on any atom is 0.213 e. The second kappa shape index (κ2) is 4.22. The van der Waals surface area contributed by atoms with Crippen molar-refractivity contribution in [1.82, 2.24) is 4.98 Å². The Hall–Kier alpha value is -1.04. The van der Waals surface area contributed by atoms with Gasteiger partial charge in [-0.2, -0.15) is 0 Å². The van der Waals surface area contributed by atoms with Crippen molar-refractivity contribution in [1.29, 1.82) is 0 Å². The Morgan fingerprint density at radius 1 is 1.53 bits per heavy atom. The summed E-state index contributed by atoms with van der Waals surface area (Å²) in [7, 11) is 0. The summed E-state index contributed by atoms with van der Waals surface area (Å²) in [6.45, 7) is 2.33. The molecule has 2 heterocycles. The number of carbonyl (C=O) groups excluding carboxylic acids is 1. The summed E-state index contributed by atoms with van der Waals surface area (Å²) < 4.78 is 0. The molecule has 0 spiro atoms. The van der Waals surface area contributed by atoms with Gasteiger partial charge in [0.15, 0.2) is 0 Å². The van der Waals surface area contributed by atoms with Crippen molar-refractivity contribution >= 4 is 28.5 Å². The Balaban J connectivity index is 2.32. The predicted molar refractivity (Wildman–Crippen MR) is 62.5 cm³/mol. The molecule has 0 aromatic carbocycles. The molecule has 0 aliphatic heterocycles. The van der Waals surface area contributed by atoms with Gasteiger partial charge in [-0.15, -0.1) is 22.7 Å². The molecule has 0 saturated heterocycles. The Bertz CT molecular complexity index is 487. The zero-order valence-corrected chi connectivity index (χ0v) is 9.82. The molecule has 0 aliphatic carbocycles. The molecule has 2 rings (SSSR count). The highest BCUT2D eigenvalue weighted by Crippen LogP contribution is 2.20. The first kappa shape index (κ1) is 10.5. The van der Waals surface area contributed by atoms with E-state index < -0.39 is 0 Å². The zero-order chi connectivity index (χ0) is 10.8. The number of carbonyl (C=O) groups is 1. The fourth-order valence-electron chi connectivity index (χ4n) is 1.27. The molecule has 15 heavy (non-hydrogen) atoms. The fraction of sp³-hybridized carbons (Fsp3) is 0.200. The lowest BCUT2D eigenvalue weighted by atomic mass is 10.1. The van der Waals surface area contributed by atoms with Crippen LogP contribution in [0.3, 0.4) is 0 Å². The van der Waals surface area contributed by atoms with E-state index >= 15 is 0 Å². The monoisotopic (exact) mass is 238 g/mol. The van der Waals surface area contributed by atoms with Gasteiger partial charge >= 0.3 is 0 Å². The highest BCUT2D eigenvalue weighted by atomic mass is 32.1. The number of rotatable bonds is 3. The lowest BCUT2D eigenvalue weighted by Crippen LogP contribution is -2.03. The van der Waals surface area contributed by atoms with E-state index in [0.29, 0.717) is 12.2 Å². The molecule has 2 N–H and O–H groups in total. The minimum Gasteiger partial charge on any atom is -0.325 e. The number of aromatic nitrogens is 1. The molecule has 0 amide bonds. The van der Waals surface area contributed by atoms with Gasteiger partial charge in [-0.3, -0.25) is 4.79 Å². The van der Waals surface area contributed by atoms with Crippen LogP contribution in [0, 0.1) is 6.92 Å². The van der Waals surface area contributed by atoms with Crippen molar-refractivity contribution in [3.63, 3.8) is 0 Å². The van der Waals surface area contributed by atoms with Gasteiger partial charge in [0.2, 0.25) is 5.78 Å². The summed E-state index contributed by atoms with van der Waals surface area (Å²) in [5.41, 5.74) is 6.70. The Kier molecular flexibility index (Phi) is 2.95. The minimum absolute atomic E-state index is 0.00954. The number of nitrogens with two attached hydrogens (primary N) is 1. The Labute approximate surface area is 95.6 Å². The maximum absolute atomic E-state index is 12.0. The van der Waals surface area contributed by atoms with Crippen LogP contribution in [0.15, 0.2) is 16.8 Å². The fourth-order valence-corrected chi connectivity index (χ4v) is 2.62. The van der Waals surface area contributed by atoms with E-state index in [4.69, 9.17) is 5.73 Å². The van der Waals surface area contributed by atoms with Gasteiger partial charge in [-0.1, -0.05) is 0 Å². The van der Waals surface area contributed by atoms with Crippen LogP contribution >= 0.6 is 22.7 Å². The first-order chi connectivity index (χ1) is 7.22. The molecule has 5 heteroatoms. The topological polar surface area (TPSA) is 56.0 Å². The number of hydrogen-bond acceptors (Lipinski definition) is 5. The molecule has 0 saturated carbocycles. The van der Waals surface area contributed by atoms with Gasteiger partial charge in [0.25, 0.3) is 0 Å². The summed E-state index contributed by atoms with van der Waals surface area (Å²) in [4.78, 5) is 17.2. The Morgan fingerprint density at radius 2 is 2.33 bits per heavy atom. The van der Waals surface area contributed by atoms with Crippen LogP contribution in [0.1, 0.15) is 25.9 Å². The van der Waals surface area contributed by atoms with Crippen molar-refractivity contribution in [3.8, 4) is 0 Å². The number of thiophene rings is 1. The largest absolute Gasteiger partial charge is 0.325 e. The molecular weight excluding hydrogens is 228 g/mol. The smallest absolute Gasteiger partial charge is 0.213 e. The molecule has 0 radical (unpaired) electrons. The molecule has 0 atom stereocenters. The van der Waals surface area contributed by atoms with E-state index in [0.717, 1.165) is 15.4 Å². The Morgan fingerprint density at radius 3 is 2.87 bits per heavy atom. The summed E-state index contributed by atoms with van der Waals surface area (Å²) in [6, 6.07) is 1.84. The van der Waals surface area contributed by atoms with Crippen molar-refractivity contribution in [3.05, 3.63) is 38.0 Å². The lowest BCUT2D eigenvalue weighted by Gasteiger charge is -1.94. The molecule has 2 aromatic rings. The zero-order valence-electron chi connectivity index (χ0n) is 8.19. The number of aryl methyl sites for hydroxylation is 1. The quantitative estimate of drug-likeness (QED) is 0.834. The van der Waals surface area contributed by atoms with Crippen LogP contribution in [-0.4, -0.2) is 10.8 Å². The van der Waals surface area contributed by atoms with Crippen molar-refractivity contribution in [2.75, 3.05) is 0 Å².